The molecule has 0 spiro atoms. The molecule has 1 aromatic heterocycles. The molecule has 0 bridgehead atoms. The minimum absolute atomic E-state index is 0.00190. The van der Waals surface area contributed by atoms with E-state index < -0.39 is 0 Å². The molecule has 3 rings (SSSR count). The van der Waals surface area contributed by atoms with Crippen LogP contribution in [0.2, 0.25) is 0 Å². The van der Waals surface area contributed by atoms with Crippen molar-refractivity contribution < 1.29 is 14.3 Å². The van der Waals surface area contributed by atoms with Crippen LogP contribution in [-0.2, 0) is 13.2 Å². The topological polar surface area (TPSA) is 66.2 Å². The molecule has 0 aliphatic heterocycles. The summed E-state index contributed by atoms with van der Waals surface area (Å²) in [4.78, 5) is 12.7. The van der Waals surface area contributed by atoms with Crippen molar-refractivity contribution in [2.75, 3.05) is 12.9 Å². The van der Waals surface area contributed by atoms with Crippen molar-refractivity contribution in [1.82, 2.24) is 14.8 Å². The Balaban J connectivity index is 1.71. The van der Waals surface area contributed by atoms with Gasteiger partial charge in [0.15, 0.2) is 16.8 Å². The van der Waals surface area contributed by atoms with Crippen molar-refractivity contribution in [3.05, 3.63) is 66.0 Å². The molecule has 0 aliphatic carbocycles. The molecule has 0 atom stereocenters. The zero-order valence-electron chi connectivity index (χ0n) is 17.6. The highest BCUT2D eigenvalue weighted by atomic mass is 32.2. The summed E-state index contributed by atoms with van der Waals surface area (Å²) >= 11 is 1.39. The maximum absolute atomic E-state index is 12.7. The Labute approximate surface area is 181 Å². The molecule has 2 aromatic carbocycles. The number of Topliss-reactive ketones (excluding diaryl/α,β-unsaturated/α-hetero) is 1. The number of hydrogen-bond acceptors (Lipinski definition) is 6. The van der Waals surface area contributed by atoms with Gasteiger partial charge in [-0.2, -0.15) is 0 Å². The number of benzene rings is 2. The van der Waals surface area contributed by atoms with E-state index in [-0.39, 0.29) is 11.5 Å². The van der Waals surface area contributed by atoms with Gasteiger partial charge in [-0.15, -0.1) is 10.2 Å². The molecular formula is C23H27N3O3S. The fourth-order valence-corrected chi connectivity index (χ4v) is 3.76. The molecule has 3 aromatic rings. The normalized spacial score (nSPS) is 10.9. The monoisotopic (exact) mass is 425 g/mol. The minimum Gasteiger partial charge on any atom is -0.496 e. The molecular weight excluding hydrogens is 398 g/mol. The lowest BCUT2D eigenvalue weighted by Crippen LogP contribution is -2.11. The third-order valence-corrected chi connectivity index (χ3v) is 5.54. The van der Waals surface area contributed by atoms with Gasteiger partial charge in [0.25, 0.3) is 0 Å². The number of methoxy groups -OCH3 is 1. The van der Waals surface area contributed by atoms with Crippen molar-refractivity contribution >= 4 is 17.5 Å². The molecule has 30 heavy (non-hydrogen) atoms. The molecule has 0 fully saturated rings. The first-order valence-corrected chi connectivity index (χ1v) is 11.0. The van der Waals surface area contributed by atoms with Crippen LogP contribution in [0, 0.1) is 5.92 Å². The van der Waals surface area contributed by atoms with Crippen LogP contribution in [0.3, 0.4) is 0 Å². The number of ether oxygens (including phenoxy) is 2. The summed E-state index contributed by atoms with van der Waals surface area (Å²) in [5, 5.41) is 9.38. The Morgan fingerprint density at radius 3 is 2.53 bits per heavy atom. The van der Waals surface area contributed by atoms with Crippen LogP contribution in [0.1, 0.15) is 36.5 Å². The lowest BCUT2D eigenvalue weighted by molar-refractivity contribution is 0.101. The van der Waals surface area contributed by atoms with E-state index in [4.69, 9.17) is 9.47 Å². The van der Waals surface area contributed by atoms with Crippen LogP contribution < -0.4 is 9.47 Å². The quantitative estimate of drug-likeness (QED) is 0.322. The van der Waals surface area contributed by atoms with Gasteiger partial charge >= 0.3 is 0 Å². The maximum atomic E-state index is 12.7. The van der Waals surface area contributed by atoms with Gasteiger partial charge in [0.2, 0.25) is 0 Å². The van der Waals surface area contributed by atoms with E-state index in [1.54, 1.807) is 19.2 Å². The number of carbonyl (C=O) groups excluding carboxylic acids is 1. The Bertz CT molecular complexity index is 957. The second kappa shape index (κ2) is 10.8. The summed E-state index contributed by atoms with van der Waals surface area (Å²) in [5.74, 6) is 2.94. The Morgan fingerprint density at radius 1 is 1.07 bits per heavy atom. The fraction of sp³-hybridized carbons (Fsp3) is 0.348. The first-order valence-electron chi connectivity index (χ1n) is 9.97. The second-order valence-corrected chi connectivity index (χ2v) is 8.19. The second-order valence-electron chi connectivity index (χ2n) is 7.25. The molecule has 0 amide bonds. The summed E-state index contributed by atoms with van der Waals surface area (Å²) in [6, 6.07) is 16.9. The van der Waals surface area contributed by atoms with Crippen molar-refractivity contribution in [3.8, 4) is 11.5 Å². The third-order valence-electron chi connectivity index (χ3n) is 4.57. The van der Waals surface area contributed by atoms with E-state index in [1.807, 2.05) is 42.5 Å². The fourth-order valence-electron chi connectivity index (χ4n) is 2.89. The van der Waals surface area contributed by atoms with E-state index >= 15 is 0 Å². The standard InChI is InChI=1S/C23H27N3O3S/c1-17(2)13-14-26-22(15-29-18-9-5-4-6-10-18)24-25-23(26)30-16-20(27)19-11-7-8-12-21(19)28-3/h4-12,17H,13-16H2,1-3H3. The van der Waals surface area contributed by atoms with Crippen LogP contribution in [0.15, 0.2) is 59.8 Å². The lowest BCUT2D eigenvalue weighted by Gasteiger charge is -2.12. The van der Waals surface area contributed by atoms with Crippen molar-refractivity contribution in [2.24, 2.45) is 5.92 Å². The average Bonchev–Trinajstić information content (AvgIpc) is 3.16. The van der Waals surface area contributed by atoms with Crippen molar-refractivity contribution in [2.45, 2.75) is 38.6 Å². The SMILES string of the molecule is COc1ccccc1C(=O)CSc1nnc(COc2ccccc2)n1CCC(C)C. The number of carbonyl (C=O) groups is 1. The molecule has 0 unspecified atom stereocenters. The van der Waals surface area contributed by atoms with E-state index in [0.717, 1.165) is 29.7 Å². The number of ketones is 1. The van der Waals surface area contributed by atoms with E-state index in [2.05, 4.69) is 28.6 Å². The van der Waals surface area contributed by atoms with Gasteiger partial charge in [-0.05, 0) is 36.6 Å². The highest BCUT2D eigenvalue weighted by Crippen LogP contribution is 2.24. The Morgan fingerprint density at radius 2 is 1.80 bits per heavy atom. The number of para-hydroxylation sites is 2. The van der Waals surface area contributed by atoms with Crippen LogP contribution >= 0.6 is 11.8 Å². The van der Waals surface area contributed by atoms with E-state index in [0.29, 0.717) is 23.8 Å². The van der Waals surface area contributed by atoms with Gasteiger partial charge in [-0.25, -0.2) is 0 Å². The average molecular weight is 426 g/mol. The van der Waals surface area contributed by atoms with E-state index in [1.165, 1.54) is 11.8 Å². The molecule has 0 radical (unpaired) electrons. The molecule has 0 N–H and O–H groups in total. The van der Waals surface area contributed by atoms with Gasteiger partial charge < -0.3 is 14.0 Å². The number of rotatable bonds is 11. The van der Waals surface area contributed by atoms with Crippen LogP contribution in [0.4, 0.5) is 0 Å². The first kappa shape index (κ1) is 21.9. The lowest BCUT2D eigenvalue weighted by atomic mass is 10.1. The smallest absolute Gasteiger partial charge is 0.191 e. The predicted molar refractivity (Wildman–Crippen MR) is 118 cm³/mol. The maximum Gasteiger partial charge on any atom is 0.191 e. The largest absolute Gasteiger partial charge is 0.496 e. The molecule has 0 saturated heterocycles. The van der Waals surface area contributed by atoms with Crippen LogP contribution in [0.5, 0.6) is 11.5 Å². The number of aromatic nitrogens is 3. The minimum atomic E-state index is -0.00190. The highest BCUT2D eigenvalue weighted by Gasteiger charge is 2.17. The summed E-state index contributed by atoms with van der Waals surface area (Å²) < 4.78 is 13.2. The summed E-state index contributed by atoms with van der Waals surface area (Å²) in [7, 11) is 1.57. The van der Waals surface area contributed by atoms with Crippen molar-refractivity contribution in [1.29, 1.82) is 0 Å². The zero-order valence-corrected chi connectivity index (χ0v) is 18.4. The van der Waals surface area contributed by atoms with Gasteiger partial charge in [-0.3, -0.25) is 4.79 Å². The predicted octanol–water partition coefficient (Wildman–Crippen LogP) is 4.89. The van der Waals surface area contributed by atoms with E-state index in [9.17, 15) is 4.79 Å². The molecule has 7 heteroatoms. The van der Waals surface area contributed by atoms with Crippen molar-refractivity contribution in [3.63, 3.8) is 0 Å². The van der Waals surface area contributed by atoms with Gasteiger partial charge in [0.1, 0.15) is 18.1 Å². The molecule has 158 valence electrons. The first-order chi connectivity index (χ1) is 14.6. The number of nitrogens with zero attached hydrogens (tertiary/aromatic N) is 3. The Hall–Kier alpha value is -2.80. The number of hydrogen-bond donors (Lipinski definition) is 0. The summed E-state index contributed by atoms with van der Waals surface area (Å²) in [5.41, 5.74) is 0.577. The zero-order chi connectivity index (χ0) is 21.3. The van der Waals surface area contributed by atoms with Gasteiger partial charge in [0, 0.05) is 6.54 Å². The van der Waals surface area contributed by atoms with Crippen LogP contribution in [0.25, 0.3) is 0 Å². The molecule has 0 aliphatic rings. The molecule has 6 nitrogen and oxygen atoms in total. The summed E-state index contributed by atoms with van der Waals surface area (Å²) in [6.07, 6.45) is 0.990. The molecule has 0 saturated carbocycles. The highest BCUT2D eigenvalue weighted by molar-refractivity contribution is 7.99. The van der Waals surface area contributed by atoms with Crippen LogP contribution in [-0.4, -0.2) is 33.4 Å². The summed E-state index contributed by atoms with van der Waals surface area (Å²) in [6.45, 7) is 5.48. The van der Waals surface area contributed by atoms with Gasteiger partial charge in [0.05, 0.1) is 18.4 Å². The molecule has 1 heterocycles. The Kier molecular flexibility index (Phi) is 7.90. The third kappa shape index (κ3) is 5.86. The number of thioether (sulfide) groups is 1. The van der Waals surface area contributed by atoms with Gasteiger partial charge in [-0.1, -0.05) is 55.9 Å².